The standard InChI is InChI=1S/C21H15N3O2/c25-16-12-7-13-17(26)18(16)21-23-19(14-8-3-1-4-9-14)22-20(24-21)15-10-5-2-6-11-15/h1-13,25-26H. The van der Waals surface area contributed by atoms with Crippen molar-refractivity contribution in [2.24, 2.45) is 0 Å². The largest absolute Gasteiger partial charge is 0.507 e. The minimum atomic E-state index is -0.0887. The van der Waals surface area contributed by atoms with Gasteiger partial charge in [-0.25, -0.2) is 15.0 Å². The zero-order valence-electron chi connectivity index (χ0n) is 13.7. The van der Waals surface area contributed by atoms with Crippen molar-refractivity contribution in [3.63, 3.8) is 0 Å². The summed E-state index contributed by atoms with van der Waals surface area (Å²) in [6, 6.07) is 23.6. The summed E-state index contributed by atoms with van der Waals surface area (Å²) in [5.41, 5.74) is 1.83. The van der Waals surface area contributed by atoms with E-state index in [0.29, 0.717) is 11.6 Å². The Labute approximate surface area is 150 Å². The van der Waals surface area contributed by atoms with E-state index in [1.54, 1.807) is 6.07 Å². The lowest BCUT2D eigenvalue weighted by Gasteiger charge is -2.10. The monoisotopic (exact) mass is 341 g/mol. The van der Waals surface area contributed by atoms with Crippen LogP contribution < -0.4 is 0 Å². The molecule has 1 heterocycles. The van der Waals surface area contributed by atoms with Crippen molar-refractivity contribution in [1.82, 2.24) is 15.0 Å². The summed E-state index contributed by atoms with van der Waals surface area (Å²) < 4.78 is 0. The second-order valence-electron chi connectivity index (χ2n) is 5.71. The summed E-state index contributed by atoms with van der Waals surface area (Å²) >= 11 is 0. The lowest BCUT2D eigenvalue weighted by Crippen LogP contribution is -2.00. The van der Waals surface area contributed by atoms with E-state index in [4.69, 9.17) is 0 Å². The molecule has 0 aliphatic carbocycles. The first kappa shape index (κ1) is 15.8. The first-order chi connectivity index (χ1) is 12.7. The number of aromatic nitrogens is 3. The number of phenolic OH excluding ortho intramolecular Hbond substituents is 2. The summed E-state index contributed by atoms with van der Waals surface area (Å²) in [5, 5.41) is 20.4. The highest BCUT2D eigenvalue weighted by atomic mass is 16.3. The highest BCUT2D eigenvalue weighted by Gasteiger charge is 2.17. The van der Waals surface area contributed by atoms with Gasteiger partial charge >= 0.3 is 0 Å². The Morgan fingerprint density at radius 3 is 1.35 bits per heavy atom. The molecular weight excluding hydrogens is 326 g/mol. The van der Waals surface area contributed by atoms with E-state index >= 15 is 0 Å². The van der Waals surface area contributed by atoms with Crippen LogP contribution in [0.4, 0.5) is 0 Å². The minimum Gasteiger partial charge on any atom is -0.507 e. The molecule has 4 rings (SSSR count). The van der Waals surface area contributed by atoms with Gasteiger partial charge in [-0.1, -0.05) is 66.7 Å². The minimum absolute atomic E-state index is 0.0887. The fourth-order valence-corrected chi connectivity index (χ4v) is 2.68. The molecule has 2 N–H and O–H groups in total. The van der Waals surface area contributed by atoms with Crippen LogP contribution in [0, 0.1) is 0 Å². The van der Waals surface area contributed by atoms with Crippen LogP contribution in [0.5, 0.6) is 11.5 Å². The molecule has 0 bridgehead atoms. The molecule has 0 fully saturated rings. The Morgan fingerprint density at radius 2 is 0.885 bits per heavy atom. The van der Waals surface area contributed by atoms with E-state index in [1.165, 1.54) is 12.1 Å². The normalized spacial score (nSPS) is 10.6. The van der Waals surface area contributed by atoms with Crippen LogP contribution in [0.3, 0.4) is 0 Å². The van der Waals surface area contributed by atoms with Crippen LogP contribution in [0.2, 0.25) is 0 Å². The van der Waals surface area contributed by atoms with Gasteiger partial charge in [0.05, 0.1) is 0 Å². The fourth-order valence-electron chi connectivity index (χ4n) is 2.68. The van der Waals surface area contributed by atoms with Crippen molar-refractivity contribution in [3.8, 4) is 45.7 Å². The van der Waals surface area contributed by atoms with Gasteiger partial charge < -0.3 is 10.2 Å². The molecule has 0 saturated carbocycles. The van der Waals surface area contributed by atoms with E-state index in [9.17, 15) is 10.2 Å². The maximum absolute atomic E-state index is 10.2. The molecule has 3 aromatic carbocycles. The molecule has 0 amide bonds. The van der Waals surface area contributed by atoms with Gasteiger partial charge in [0.2, 0.25) is 0 Å². The molecule has 0 aliphatic heterocycles. The van der Waals surface area contributed by atoms with Gasteiger partial charge in [0.15, 0.2) is 17.5 Å². The average molecular weight is 341 g/mol. The number of aromatic hydroxyl groups is 2. The van der Waals surface area contributed by atoms with Gasteiger partial charge in [0.25, 0.3) is 0 Å². The molecule has 0 spiro atoms. The Balaban J connectivity index is 1.97. The van der Waals surface area contributed by atoms with Gasteiger partial charge in [0.1, 0.15) is 17.1 Å². The molecule has 0 atom stereocenters. The van der Waals surface area contributed by atoms with Crippen LogP contribution >= 0.6 is 0 Å². The molecule has 0 aliphatic rings. The fraction of sp³-hybridized carbons (Fsp3) is 0. The van der Waals surface area contributed by atoms with Crippen LogP contribution in [-0.2, 0) is 0 Å². The number of phenols is 2. The Morgan fingerprint density at radius 1 is 0.462 bits per heavy atom. The maximum Gasteiger partial charge on any atom is 0.171 e. The Hall–Kier alpha value is -3.73. The highest BCUT2D eigenvalue weighted by Crippen LogP contribution is 2.36. The summed E-state index contributed by atoms with van der Waals surface area (Å²) in [7, 11) is 0. The predicted molar refractivity (Wildman–Crippen MR) is 99.5 cm³/mol. The van der Waals surface area contributed by atoms with E-state index in [-0.39, 0.29) is 22.9 Å². The van der Waals surface area contributed by atoms with Gasteiger partial charge in [-0.05, 0) is 12.1 Å². The van der Waals surface area contributed by atoms with Gasteiger partial charge in [-0.15, -0.1) is 0 Å². The topological polar surface area (TPSA) is 79.1 Å². The summed E-state index contributed by atoms with van der Waals surface area (Å²) in [6.45, 7) is 0. The van der Waals surface area contributed by atoms with Crippen LogP contribution in [0.1, 0.15) is 0 Å². The molecule has 126 valence electrons. The quantitative estimate of drug-likeness (QED) is 0.581. The van der Waals surface area contributed by atoms with Gasteiger partial charge in [-0.3, -0.25) is 0 Å². The van der Waals surface area contributed by atoms with E-state index in [1.807, 2.05) is 60.7 Å². The number of hydrogen-bond donors (Lipinski definition) is 2. The molecule has 26 heavy (non-hydrogen) atoms. The molecule has 5 nitrogen and oxygen atoms in total. The Kier molecular flexibility index (Phi) is 4.03. The van der Waals surface area contributed by atoms with Crippen LogP contribution in [0.15, 0.2) is 78.9 Å². The average Bonchev–Trinajstić information content (AvgIpc) is 2.69. The number of rotatable bonds is 3. The lowest BCUT2D eigenvalue weighted by molar-refractivity contribution is 0.453. The second-order valence-corrected chi connectivity index (χ2v) is 5.71. The van der Waals surface area contributed by atoms with E-state index in [0.717, 1.165) is 11.1 Å². The number of nitrogens with zero attached hydrogens (tertiary/aromatic N) is 3. The zero-order valence-corrected chi connectivity index (χ0v) is 13.7. The third kappa shape index (κ3) is 2.98. The molecule has 0 unspecified atom stereocenters. The van der Waals surface area contributed by atoms with Crippen molar-refractivity contribution >= 4 is 0 Å². The highest BCUT2D eigenvalue weighted by molar-refractivity contribution is 5.74. The predicted octanol–water partition coefficient (Wildman–Crippen LogP) is 4.28. The summed E-state index contributed by atoms with van der Waals surface area (Å²) in [6.07, 6.45) is 0. The third-order valence-corrected chi connectivity index (χ3v) is 3.94. The van der Waals surface area contributed by atoms with Crippen molar-refractivity contribution in [1.29, 1.82) is 0 Å². The smallest absolute Gasteiger partial charge is 0.171 e. The van der Waals surface area contributed by atoms with Crippen LogP contribution in [0.25, 0.3) is 34.2 Å². The maximum atomic E-state index is 10.2. The molecular formula is C21H15N3O2. The molecule has 0 radical (unpaired) electrons. The second kappa shape index (κ2) is 6.64. The van der Waals surface area contributed by atoms with Crippen molar-refractivity contribution in [2.45, 2.75) is 0 Å². The summed E-state index contributed by atoms with van der Waals surface area (Å²) in [4.78, 5) is 13.5. The molecule has 4 aromatic rings. The third-order valence-electron chi connectivity index (χ3n) is 3.94. The first-order valence-corrected chi connectivity index (χ1v) is 8.10. The summed E-state index contributed by atoms with van der Waals surface area (Å²) in [5.74, 6) is 0.978. The Bertz CT molecular complexity index is 973. The number of benzene rings is 3. The van der Waals surface area contributed by atoms with Crippen molar-refractivity contribution < 1.29 is 10.2 Å². The first-order valence-electron chi connectivity index (χ1n) is 8.10. The van der Waals surface area contributed by atoms with Crippen molar-refractivity contribution in [2.75, 3.05) is 0 Å². The zero-order chi connectivity index (χ0) is 17.9. The van der Waals surface area contributed by atoms with Gasteiger partial charge in [-0.2, -0.15) is 0 Å². The van der Waals surface area contributed by atoms with Gasteiger partial charge in [0, 0.05) is 11.1 Å². The van der Waals surface area contributed by atoms with Crippen molar-refractivity contribution in [3.05, 3.63) is 78.9 Å². The molecule has 0 saturated heterocycles. The molecule has 5 heteroatoms. The lowest BCUT2D eigenvalue weighted by atomic mass is 10.1. The number of hydrogen-bond acceptors (Lipinski definition) is 5. The van der Waals surface area contributed by atoms with Crippen LogP contribution in [-0.4, -0.2) is 25.2 Å². The van der Waals surface area contributed by atoms with E-state index < -0.39 is 0 Å². The molecule has 1 aromatic heterocycles. The van der Waals surface area contributed by atoms with E-state index in [2.05, 4.69) is 15.0 Å². The SMILES string of the molecule is Oc1cccc(O)c1-c1nc(-c2ccccc2)nc(-c2ccccc2)n1.